The van der Waals surface area contributed by atoms with Crippen molar-refractivity contribution >= 4 is 21.8 Å². The van der Waals surface area contributed by atoms with Crippen LogP contribution in [0.25, 0.3) is 0 Å². The zero-order valence-corrected chi connectivity index (χ0v) is 10.8. The van der Waals surface area contributed by atoms with E-state index in [0.29, 0.717) is 16.9 Å². The second kappa shape index (κ2) is 6.63. The molecular weight excluding hydrogens is 273 g/mol. The summed E-state index contributed by atoms with van der Waals surface area (Å²) in [5.41, 5.74) is 0.364. The average Bonchev–Trinajstić information content (AvgIpc) is 2.28. The van der Waals surface area contributed by atoms with Crippen LogP contribution in [0.4, 0.5) is 4.39 Å². The quantitative estimate of drug-likeness (QED) is 0.829. The van der Waals surface area contributed by atoms with Gasteiger partial charge in [0.25, 0.3) is 5.91 Å². The van der Waals surface area contributed by atoms with Crippen molar-refractivity contribution in [3.05, 3.63) is 35.6 Å². The molecule has 4 heteroatoms. The van der Waals surface area contributed by atoms with Crippen LogP contribution in [0.5, 0.6) is 0 Å². The summed E-state index contributed by atoms with van der Waals surface area (Å²) in [6.45, 7) is 2.67. The van der Waals surface area contributed by atoms with Gasteiger partial charge < -0.3 is 5.32 Å². The summed E-state index contributed by atoms with van der Waals surface area (Å²) in [5.74, 6) is -0.616. The number of amides is 1. The van der Waals surface area contributed by atoms with Crippen molar-refractivity contribution in [1.29, 1.82) is 0 Å². The number of alkyl halides is 1. The molecule has 0 aliphatic heterocycles. The summed E-state index contributed by atoms with van der Waals surface area (Å²) in [5, 5.41) is 2.76. The third kappa shape index (κ3) is 4.31. The van der Waals surface area contributed by atoms with Crippen LogP contribution >= 0.6 is 15.9 Å². The Morgan fingerprint density at radius 1 is 1.56 bits per heavy atom. The number of benzene rings is 1. The van der Waals surface area contributed by atoms with Gasteiger partial charge in [0.1, 0.15) is 5.82 Å². The molecule has 1 atom stereocenters. The standard InChI is InChI=1S/C12H15BrFNO/c1-2-10(13)6-7-15-12(16)9-4-3-5-11(14)8-9/h3-5,8,10H,2,6-7H2,1H3,(H,15,16). The molecular formula is C12H15BrFNO. The first-order valence-electron chi connectivity index (χ1n) is 5.31. The normalized spacial score (nSPS) is 12.2. The topological polar surface area (TPSA) is 29.1 Å². The molecule has 0 spiro atoms. The molecule has 1 rings (SSSR count). The van der Waals surface area contributed by atoms with Gasteiger partial charge in [-0.25, -0.2) is 4.39 Å². The third-order valence-corrected chi connectivity index (χ3v) is 3.38. The highest BCUT2D eigenvalue weighted by molar-refractivity contribution is 9.09. The van der Waals surface area contributed by atoms with Crippen molar-refractivity contribution in [1.82, 2.24) is 5.32 Å². The van der Waals surface area contributed by atoms with Gasteiger partial charge in [-0.1, -0.05) is 28.9 Å². The summed E-state index contributed by atoms with van der Waals surface area (Å²) >= 11 is 3.48. The van der Waals surface area contributed by atoms with E-state index >= 15 is 0 Å². The van der Waals surface area contributed by atoms with Crippen LogP contribution < -0.4 is 5.32 Å². The monoisotopic (exact) mass is 287 g/mol. The van der Waals surface area contributed by atoms with Crippen LogP contribution in [0.3, 0.4) is 0 Å². The highest BCUT2D eigenvalue weighted by Gasteiger charge is 2.06. The van der Waals surface area contributed by atoms with Gasteiger partial charge in [-0.3, -0.25) is 4.79 Å². The molecule has 0 radical (unpaired) electrons. The Balaban J connectivity index is 2.41. The lowest BCUT2D eigenvalue weighted by atomic mass is 10.2. The Morgan fingerprint density at radius 2 is 2.31 bits per heavy atom. The van der Waals surface area contributed by atoms with Crippen LogP contribution in [0.2, 0.25) is 0 Å². The van der Waals surface area contributed by atoms with Crippen molar-refractivity contribution < 1.29 is 9.18 Å². The lowest BCUT2D eigenvalue weighted by molar-refractivity contribution is 0.0953. The molecule has 1 aromatic rings. The fourth-order valence-corrected chi connectivity index (χ4v) is 1.51. The predicted molar refractivity (Wildman–Crippen MR) is 66.4 cm³/mol. The van der Waals surface area contributed by atoms with Crippen molar-refractivity contribution in [2.24, 2.45) is 0 Å². The van der Waals surface area contributed by atoms with Crippen molar-refractivity contribution in [3.8, 4) is 0 Å². The zero-order chi connectivity index (χ0) is 12.0. The molecule has 16 heavy (non-hydrogen) atoms. The van der Waals surface area contributed by atoms with Crippen LogP contribution in [0.15, 0.2) is 24.3 Å². The number of carbonyl (C=O) groups excluding carboxylic acids is 1. The number of rotatable bonds is 5. The molecule has 1 N–H and O–H groups in total. The van der Waals surface area contributed by atoms with E-state index in [9.17, 15) is 9.18 Å². The molecule has 0 saturated heterocycles. The first kappa shape index (κ1) is 13.2. The second-order valence-corrected chi connectivity index (χ2v) is 4.86. The van der Waals surface area contributed by atoms with Gasteiger partial charge >= 0.3 is 0 Å². The maximum Gasteiger partial charge on any atom is 0.251 e. The van der Waals surface area contributed by atoms with Gasteiger partial charge in [-0.2, -0.15) is 0 Å². The molecule has 2 nitrogen and oxygen atoms in total. The van der Waals surface area contributed by atoms with Crippen LogP contribution in [-0.4, -0.2) is 17.3 Å². The lowest BCUT2D eigenvalue weighted by Crippen LogP contribution is -2.26. The Bertz CT molecular complexity index is 357. The van der Waals surface area contributed by atoms with E-state index in [1.165, 1.54) is 18.2 Å². The molecule has 0 saturated carbocycles. The minimum absolute atomic E-state index is 0.227. The van der Waals surface area contributed by atoms with Crippen LogP contribution in [-0.2, 0) is 0 Å². The van der Waals surface area contributed by atoms with Gasteiger partial charge in [0.2, 0.25) is 0 Å². The second-order valence-electron chi connectivity index (χ2n) is 3.56. The summed E-state index contributed by atoms with van der Waals surface area (Å²) in [4.78, 5) is 12.0. The minimum atomic E-state index is -0.389. The smallest absolute Gasteiger partial charge is 0.251 e. The Labute approximate surface area is 103 Å². The Hall–Kier alpha value is -0.900. The SMILES string of the molecule is CCC(Br)CCNC(=O)c1cccc(F)c1. The maximum absolute atomic E-state index is 12.8. The Morgan fingerprint density at radius 3 is 2.94 bits per heavy atom. The molecule has 1 amide bonds. The van der Waals surface area contributed by atoms with Crippen molar-refractivity contribution in [3.63, 3.8) is 0 Å². The zero-order valence-electron chi connectivity index (χ0n) is 9.17. The fourth-order valence-electron chi connectivity index (χ4n) is 1.28. The number of halogens is 2. The molecule has 0 aromatic heterocycles. The van der Waals surface area contributed by atoms with Gasteiger partial charge in [-0.15, -0.1) is 0 Å². The van der Waals surface area contributed by atoms with Gasteiger partial charge in [0, 0.05) is 16.9 Å². The van der Waals surface area contributed by atoms with E-state index in [0.717, 1.165) is 12.8 Å². The molecule has 0 bridgehead atoms. The summed E-state index contributed by atoms with van der Waals surface area (Å²) in [6, 6.07) is 5.69. The van der Waals surface area contributed by atoms with Gasteiger partial charge in [0.05, 0.1) is 0 Å². The highest BCUT2D eigenvalue weighted by Crippen LogP contribution is 2.08. The van der Waals surface area contributed by atoms with Crippen molar-refractivity contribution in [2.45, 2.75) is 24.6 Å². The van der Waals surface area contributed by atoms with E-state index in [-0.39, 0.29) is 11.7 Å². The highest BCUT2D eigenvalue weighted by atomic mass is 79.9. The third-order valence-electron chi connectivity index (χ3n) is 2.27. The average molecular weight is 288 g/mol. The summed E-state index contributed by atoms with van der Waals surface area (Å²) in [6.07, 6.45) is 1.90. The number of hydrogen-bond donors (Lipinski definition) is 1. The maximum atomic E-state index is 12.8. The number of nitrogens with one attached hydrogen (secondary N) is 1. The molecule has 1 unspecified atom stereocenters. The predicted octanol–water partition coefficient (Wildman–Crippen LogP) is 3.12. The van der Waals surface area contributed by atoms with Gasteiger partial charge in [0.15, 0.2) is 0 Å². The summed E-state index contributed by atoms with van der Waals surface area (Å²) in [7, 11) is 0. The number of carbonyl (C=O) groups is 1. The molecule has 1 aromatic carbocycles. The molecule has 0 fully saturated rings. The first-order valence-corrected chi connectivity index (χ1v) is 6.23. The molecule has 0 aliphatic carbocycles. The lowest BCUT2D eigenvalue weighted by Gasteiger charge is -2.08. The van der Waals surface area contributed by atoms with E-state index in [1.807, 2.05) is 0 Å². The van der Waals surface area contributed by atoms with E-state index in [2.05, 4.69) is 28.2 Å². The minimum Gasteiger partial charge on any atom is -0.352 e. The molecule has 0 heterocycles. The fraction of sp³-hybridized carbons (Fsp3) is 0.417. The largest absolute Gasteiger partial charge is 0.352 e. The molecule has 0 aliphatic rings. The summed E-state index contributed by atoms with van der Waals surface area (Å²) < 4.78 is 12.8. The van der Waals surface area contributed by atoms with E-state index in [4.69, 9.17) is 0 Å². The number of hydrogen-bond acceptors (Lipinski definition) is 1. The van der Waals surface area contributed by atoms with Crippen molar-refractivity contribution in [2.75, 3.05) is 6.54 Å². The van der Waals surface area contributed by atoms with Gasteiger partial charge in [-0.05, 0) is 31.0 Å². The Kier molecular flexibility index (Phi) is 5.46. The van der Waals surface area contributed by atoms with E-state index < -0.39 is 0 Å². The van der Waals surface area contributed by atoms with Crippen LogP contribution in [0, 0.1) is 5.82 Å². The first-order chi connectivity index (χ1) is 7.63. The molecule has 88 valence electrons. The van der Waals surface area contributed by atoms with E-state index in [1.54, 1.807) is 6.07 Å². The van der Waals surface area contributed by atoms with Crippen LogP contribution in [0.1, 0.15) is 30.1 Å².